The predicted octanol–water partition coefficient (Wildman–Crippen LogP) is 2.30. The molecule has 0 aromatic carbocycles. The number of hydrogen-bond acceptors (Lipinski definition) is 2. The summed E-state index contributed by atoms with van der Waals surface area (Å²) in [4.78, 5) is 10.7. The lowest BCUT2D eigenvalue weighted by Gasteiger charge is -2.07. The van der Waals surface area contributed by atoms with Crippen LogP contribution in [0.3, 0.4) is 0 Å². The average molecular weight is 287 g/mol. The highest BCUT2D eigenvalue weighted by molar-refractivity contribution is 9.10. The number of aryl methyl sites for hydroxylation is 1. The summed E-state index contributed by atoms with van der Waals surface area (Å²) in [6, 6.07) is 0. The third-order valence-electron chi connectivity index (χ3n) is 1.60. The lowest BCUT2D eigenvalue weighted by molar-refractivity contribution is -0.137. The molecule has 0 amide bonds. The summed E-state index contributed by atoms with van der Waals surface area (Å²) in [6.07, 6.45) is -4.28. The lowest BCUT2D eigenvalue weighted by Crippen LogP contribution is -2.16. The van der Waals surface area contributed by atoms with Crippen molar-refractivity contribution in [3.05, 3.63) is 16.4 Å². The zero-order valence-electron chi connectivity index (χ0n) is 7.25. The van der Waals surface area contributed by atoms with E-state index in [9.17, 15) is 18.0 Å². The highest BCUT2D eigenvalue weighted by atomic mass is 79.9. The fourth-order valence-electron chi connectivity index (χ4n) is 0.977. The Balaban J connectivity index is 2.82. The first-order chi connectivity index (χ1) is 6.81. The molecular formula is C7H6BrF3N2O2. The van der Waals surface area contributed by atoms with E-state index in [1.165, 1.54) is 0 Å². The third-order valence-corrected chi connectivity index (χ3v) is 2.18. The second-order valence-corrected chi connectivity index (χ2v) is 3.59. The van der Waals surface area contributed by atoms with E-state index in [-0.39, 0.29) is 10.2 Å². The summed E-state index contributed by atoms with van der Waals surface area (Å²) < 4.78 is 36.6. The Morgan fingerprint density at radius 3 is 2.67 bits per heavy atom. The minimum Gasteiger partial charge on any atom is -0.476 e. The number of carboxylic acids is 1. The summed E-state index contributed by atoms with van der Waals surface area (Å²) in [5, 5.41) is 12.2. The van der Waals surface area contributed by atoms with Gasteiger partial charge < -0.3 is 5.11 Å². The van der Waals surface area contributed by atoms with Crippen LogP contribution in [0, 0.1) is 0 Å². The smallest absolute Gasteiger partial charge is 0.390 e. The molecule has 0 saturated heterocycles. The monoisotopic (exact) mass is 286 g/mol. The van der Waals surface area contributed by atoms with Gasteiger partial charge in [-0.1, -0.05) is 0 Å². The molecule has 0 fully saturated rings. The molecule has 0 spiro atoms. The maximum Gasteiger partial charge on any atom is 0.390 e. The van der Waals surface area contributed by atoms with Gasteiger partial charge in [0.05, 0.1) is 23.6 Å². The number of hydrogen-bond donors (Lipinski definition) is 1. The summed E-state index contributed by atoms with van der Waals surface area (Å²) in [5.41, 5.74) is -0.278. The van der Waals surface area contributed by atoms with E-state index >= 15 is 0 Å². The SMILES string of the molecule is O=C(O)c1c(Br)cnn1CCC(F)(F)F. The van der Waals surface area contributed by atoms with Crippen LogP contribution in [0.5, 0.6) is 0 Å². The van der Waals surface area contributed by atoms with Crippen molar-refractivity contribution in [1.29, 1.82) is 0 Å². The van der Waals surface area contributed by atoms with Crippen LogP contribution < -0.4 is 0 Å². The number of carboxylic acid groups (broad SMARTS) is 1. The number of rotatable bonds is 3. The van der Waals surface area contributed by atoms with Gasteiger partial charge in [0.25, 0.3) is 0 Å². The van der Waals surface area contributed by atoms with Crippen molar-refractivity contribution in [1.82, 2.24) is 9.78 Å². The molecule has 4 nitrogen and oxygen atoms in total. The van der Waals surface area contributed by atoms with Crippen LogP contribution >= 0.6 is 15.9 Å². The van der Waals surface area contributed by atoms with Crippen molar-refractivity contribution in [3.63, 3.8) is 0 Å². The topological polar surface area (TPSA) is 55.1 Å². The van der Waals surface area contributed by atoms with E-state index in [1.54, 1.807) is 0 Å². The lowest BCUT2D eigenvalue weighted by atomic mass is 10.4. The number of nitrogens with zero attached hydrogens (tertiary/aromatic N) is 2. The molecule has 84 valence electrons. The molecule has 0 aliphatic heterocycles. The van der Waals surface area contributed by atoms with E-state index in [2.05, 4.69) is 21.0 Å². The Morgan fingerprint density at radius 2 is 2.20 bits per heavy atom. The molecule has 0 atom stereocenters. The third kappa shape index (κ3) is 3.22. The fraction of sp³-hybridized carbons (Fsp3) is 0.429. The number of halogens is 4. The molecule has 1 aromatic heterocycles. The first-order valence-electron chi connectivity index (χ1n) is 3.82. The second-order valence-electron chi connectivity index (χ2n) is 2.73. The van der Waals surface area contributed by atoms with Gasteiger partial charge in [-0.3, -0.25) is 4.68 Å². The Kier molecular flexibility index (Phi) is 3.38. The van der Waals surface area contributed by atoms with Crippen molar-refractivity contribution in [3.8, 4) is 0 Å². The zero-order chi connectivity index (χ0) is 11.6. The molecular weight excluding hydrogens is 281 g/mol. The van der Waals surface area contributed by atoms with Gasteiger partial charge in [-0.15, -0.1) is 0 Å². The molecule has 1 rings (SSSR count). The Bertz CT molecular complexity index is 375. The molecule has 0 aliphatic carbocycles. The minimum atomic E-state index is -4.33. The molecule has 0 radical (unpaired) electrons. The first kappa shape index (κ1) is 12.0. The fourth-order valence-corrected chi connectivity index (χ4v) is 1.44. The molecule has 8 heteroatoms. The van der Waals surface area contributed by atoms with Crippen LogP contribution in [0.2, 0.25) is 0 Å². The first-order valence-corrected chi connectivity index (χ1v) is 4.62. The number of alkyl halides is 3. The van der Waals surface area contributed by atoms with E-state index < -0.39 is 25.1 Å². The van der Waals surface area contributed by atoms with Crippen molar-refractivity contribution in [2.75, 3.05) is 0 Å². The minimum absolute atomic E-state index is 0.164. The summed E-state index contributed by atoms with van der Waals surface area (Å²) in [6.45, 7) is -0.503. The highest BCUT2D eigenvalue weighted by Gasteiger charge is 2.28. The molecule has 0 saturated carbocycles. The van der Waals surface area contributed by atoms with Crippen LogP contribution in [0.1, 0.15) is 16.9 Å². The Hall–Kier alpha value is -1.05. The Morgan fingerprint density at radius 1 is 1.60 bits per heavy atom. The maximum absolute atomic E-state index is 11.9. The van der Waals surface area contributed by atoms with Crippen LogP contribution in [-0.2, 0) is 6.54 Å². The van der Waals surface area contributed by atoms with Gasteiger partial charge in [0.15, 0.2) is 5.69 Å². The van der Waals surface area contributed by atoms with E-state index in [1.807, 2.05) is 0 Å². The number of aromatic carboxylic acids is 1. The maximum atomic E-state index is 11.9. The van der Waals surface area contributed by atoms with Gasteiger partial charge in [0, 0.05) is 0 Å². The van der Waals surface area contributed by atoms with Gasteiger partial charge in [0.2, 0.25) is 0 Å². The largest absolute Gasteiger partial charge is 0.476 e. The predicted molar refractivity (Wildman–Crippen MR) is 47.6 cm³/mol. The molecule has 1 aromatic rings. The highest BCUT2D eigenvalue weighted by Crippen LogP contribution is 2.22. The Labute approximate surface area is 90.8 Å². The molecule has 0 aliphatic rings. The van der Waals surface area contributed by atoms with Gasteiger partial charge in [0.1, 0.15) is 0 Å². The summed E-state index contributed by atoms with van der Waals surface area (Å²) >= 11 is 2.89. The van der Waals surface area contributed by atoms with E-state index in [0.717, 1.165) is 10.9 Å². The van der Waals surface area contributed by atoms with Crippen LogP contribution in [0.4, 0.5) is 13.2 Å². The molecule has 0 unspecified atom stereocenters. The van der Waals surface area contributed by atoms with Crippen molar-refractivity contribution in [2.24, 2.45) is 0 Å². The van der Waals surface area contributed by atoms with Crippen LogP contribution in [0.25, 0.3) is 0 Å². The van der Waals surface area contributed by atoms with Gasteiger partial charge in [-0.2, -0.15) is 18.3 Å². The molecule has 1 N–H and O–H groups in total. The van der Waals surface area contributed by atoms with Crippen molar-refractivity contribution in [2.45, 2.75) is 19.1 Å². The number of aromatic nitrogens is 2. The average Bonchev–Trinajstić information content (AvgIpc) is 2.42. The van der Waals surface area contributed by atoms with Crippen molar-refractivity contribution < 1.29 is 23.1 Å². The van der Waals surface area contributed by atoms with Gasteiger partial charge in [-0.05, 0) is 15.9 Å². The van der Waals surface area contributed by atoms with Crippen LogP contribution in [-0.4, -0.2) is 27.0 Å². The van der Waals surface area contributed by atoms with Crippen molar-refractivity contribution >= 4 is 21.9 Å². The quantitative estimate of drug-likeness (QED) is 0.928. The summed E-state index contributed by atoms with van der Waals surface area (Å²) in [7, 11) is 0. The van der Waals surface area contributed by atoms with Gasteiger partial charge >= 0.3 is 12.1 Å². The standard InChI is InChI=1S/C7H6BrF3N2O2/c8-4-3-12-13(5(4)6(14)15)2-1-7(9,10)11/h3H,1-2H2,(H,14,15). The normalized spacial score (nSPS) is 11.7. The zero-order valence-corrected chi connectivity index (χ0v) is 8.84. The molecule has 1 heterocycles. The van der Waals surface area contributed by atoms with E-state index in [0.29, 0.717) is 0 Å². The van der Waals surface area contributed by atoms with Crippen LogP contribution in [0.15, 0.2) is 10.7 Å². The molecule has 0 bridgehead atoms. The van der Waals surface area contributed by atoms with Gasteiger partial charge in [-0.25, -0.2) is 4.79 Å². The number of carbonyl (C=O) groups is 1. The molecule has 15 heavy (non-hydrogen) atoms. The van der Waals surface area contributed by atoms with E-state index in [4.69, 9.17) is 5.11 Å². The summed E-state index contributed by atoms with van der Waals surface area (Å²) in [5.74, 6) is -1.32. The second kappa shape index (κ2) is 4.21.